The number of hydrogen-bond acceptors (Lipinski definition) is 4. The van der Waals surface area contributed by atoms with Gasteiger partial charge in [0.05, 0.1) is 5.92 Å². The molecule has 138 valence electrons. The Labute approximate surface area is 149 Å². The van der Waals surface area contributed by atoms with Gasteiger partial charge in [0.2, 0.25) is 11.8 Å². The van der Waals surface area contributed by atoms with Crippen molar-refractivity contribution in [1.29, 1.82) is 0 Å². The van der Waals surface area contributed by atoms with Crippen molar-refractivity contribution in [3.8, 4) is 0 Å². The zero-order chi connectivity index (χ0) is 18.0. The Hall–Kier alpha value is -1.92. The van der Waals surface area contributed by atoms with Crippen LogP contribution in [0.25, 0.3) is 0 Å². The number of piperidine rings is 1. The lowest BCUT2D eigenvalue weighted by molar-refractivity contribution is -0.136. The van der Waals surface area contributed by atoms with E-state index in [0.29, 0.717) is 18.9 Å². The number of amides is 2. The largest absolute Gasteiger partial charge is 0.342 e. The van der Waals surface area contributed by atoms with Gasteiger partial charge in [0, 0.05) is 45.1 Å². The van der Waals surface area contributed by atoms with Crippen molar-refractivity contribution in [3.63, 3.8) is 0 Å². The summed E-state index contributed by atoms with van der Waals surface area (Å²) < 4.78 is 1.96. The SMILES string of the molecule is CCC[C@@H](C)N1C[C@@H](C(=O)N2CCC(c3nncn3C)CC2)CC1=O. The second-order valence-electron chi connectivity index (χ2n) is 7.48. The van der Waals surface area contributed by atoms with Crippen LogP contribution in [0.5, 0.6) is 0 Å². The molecule has 2 atom stereocenters. The normalized spacial score (nSPS) is 23.3. The van der Waals surface area contributed by atoms with Gasteiger partial charge in [-0.25, -0.2) is 0 Å². The van der Waals surface area contributed by atoms with E-state index in [4.69, 9.17) is 0 Å². The van der Waals surface area contributed by atoms with E-state index in [1.807, 2.05) is 21.4 Å². The van der Waals surface area contributed by atoms with Gasteiger partial charge in [0.25, 0.3) is 0 Å². The van der Waals surface area contributed by atoms with E-state index in [2.05, 4.69) is 24.0 Å². The maximum absolute atomic E-state index is 12.8. The highest BCUT2D eigenvalue weighted by Gasteiger charge is 2.39. The topological polar surface area (TPSA) is 71.3 Å². The van der Waals surface area contributed by atoms with Gasteiger partial charge >= 0.3 is 0 Å². The number of carbonyl (C=O) groups is 2. The predicted molar refractivity (Wildman–Crippen MR) is 93.7 cm³/mol. The molecule has 0 unspecified atom stereocenters. The molecule has 0 N–H and O–H groups in total. The van der Waals surface area contributed by atoms with Gasteiger partial charge in [-0.15, -0.1) is 10.2 Å². The van der Waals surface area contributed by atoms with Crippen LogP contribution in [0.2, 0.25) is 0 Å². The molecule has 2 fully saturated rings. The molecular formula is C18H29N5O2. The number of nitrogens with zero attached hydrogens (tertiary/aromatic N) is 5. The Balaban J connectivity index is 1.55. The average molecular weight is 347 g/mol. The molecule has 0 spiro atoms. The summed E-state index contributed by atoms with van der Waals surface area (Å²) in [7, 11) is 1.96. The van der Waals surface area contributed by atoms with Gasteiger partial charge in [-0.3, -0.25) is 9.59 Å². The molecule has 2 saturated heterocycles. The molecule has 0 saturated carbocycles. The van der Waals surface area contributed by atoms with Crippen molar-refractivity contribution in [3.05, 3.63) is 12.2 Å². The molecule has 1 aromatic heterocycles. The number of aryl methyl sites for hydroxylation is 1. The third-order valence-corrected chi connectivity index (χ3v) is 5.66. The molecule has 0 aliphatic carbocycles. The highest BCUT2D eigenvalue weighted by molar-refractivity contribution is 5.89. The van der Waals surface area contributed by atoms with Crippen LogP contribution in [-0.2, 0) is 16.6 Å². The quantitative estimate of drug-likeness (QED) is 0.810. The molecule has 7 heteroatoms. The first-order chi connectivity index (χ1) is 12.0. The number of carbonyl (C=O) groups excluding carboxylic acids is 2. The van der Waals surface area contributed by atoms with Crippen LogP contribution in [0.15, 0.2) is 6.33 Å². The Morgan fingerprint density at radius 3 is 2.68 bits per heavy atom. The summed E-state index contributed by atoms with van der Waals surface area (Å²) in [6.45, 7) is 6.28. The van der Waals surface area contributed by atoms with E-state index in [1.54, 1.807) is 6.33 Å². The molecule has 0 radical (unpaired) electrons. The van der Waals surface area contributed by atoms with Gasteiger partial charge in [-0.1, -0.05) is 13.3 Å². The number of hydrogen-bond donors (Lipinski definition) is 0. The van der Waals surface area contributed by atoms with Gasteiger partial charge in [-0.2, -0.15) is 0 Å². The molecule has 3 rings (SSSR count). The van der Waals surface area contributed by atoms with E-state index in [9.17, 15) is 9.59 Å². The van der Waals surface area contributed by atoms with Crippen LogP contribution < -0.4 is 0 Å². The fourth-order valence-electron chi connectivity index (χ4n) is 4.17. The molecule has 2 amide bonds. The summed E-state index contributed by atoms with van der Waals surface area (Å²) in [5.41, 5.74) is 0. The van der Waals surface area contributed by atoms with Crippen LogP contribution in [0.3, 0.4) is 0 Å². The van der Waals surface area contributed by atoms with Crippen molar-refractivity contribution in [1.82, 2.24) is 24.6 Å². The Morgan fingerprint density at radius 2 is 2.08 bits per heavy atom. The molecule has 7 nitrogen and oxygen atoms in total. The molecule has 3 heterocycles. The van der Waals surface area contributed by atoms with Gasteiger partial charge < -0.3 is 14.4 Å². The van der Waals surface area contributed by atoms with Crippen LogP contribution >= 0.6 is 0 Å². The molecule has 0 aromatic carbocycles. The van der Waals surface area contributed by atoms with E-state index >= 15 is 0 Å². The summed E-state index contributed by atoms with van der Waals surface area (Å²) in [6, 6.07) is 0.233. The maximum atomic E-state index is 12.8. The van der Waals surface area contributed by atoms with Crippen molar-refractivity contribution in [2.24, 2.45) is 13.0 Å². The second kappa shape index (κ2) is 7.54. The van der Waals surface area contributed by atoms with Crippen molar-refractivity contribution >= 4 is 11.8 Å². The van der Waals surface area contributed by atoms with Crippen LogP contribution in [-0.4, -0.2) is 62.1 Å². The third kappa shape index (κ3) is 3.70. The standard InChI is InChI=1S/C18H29N5O2/c1-4-5-13(2)23-11-15(10-16(23)24)18(25)22-8-6-14(7-9-22)17-20-19-12-21(17)3/h12-15H,4-11H2,1-3H3/t13-,15+/m1/s1. The molecule has 2 aliphatic rings. The fourth-order valence-corrected chi connectivity index (χ4v) is 4.17. The van der Waals surface area contributed by atoms with Crippen molar-refractivity contribution in [2.45, 2.75) is 57.9 Å². The van der Waals surface area contributed by atoms with E-state index in [1.165, 1.54) is 0 Å². The first-order valence-corrected chi connectivity index (χ1v) is 9.43. The fraction of sp³-hybridized carbons (Fsp3) is 0.778. The zero-order valence-electron chi connectivity index (χ0n) is 15.5. The average Bonchev–Trinajstić information content (AvgIpc) is 3.20. The number of likely N-dealkylation sites (tertiary alicyclic amines) is 2. The lowest BCUT2D eigenvalue weighted by Crippen LogP contribution is -2.43. The zero-order valence-corrected chi connectivity index (χ0v) is 15.5. The monoisotopic (exact) mass is 347 g/mol. The Bertz CT molecular complexity index is 621. The number of aromatic nitrogens is 3. The minimum Gasteiger partial charge on any atom is -0.342 e. The molecule has 2 aliphatic heterocycles. The summed E-state index contributed by atoms with van der Waals surface area (Å²) in [4.78, 5) is 29.0. The lowest BCUT2D eigenvalue weighted by Gasteiger charge is -2.33. The van der Waals surface area contributed by atoms with Gasteiger partial charge in [0.1, 0.15) is 12.2 Å². The first kappa shape index (κ1) is 17.9. The number of rotatable bonds is 5. The molecule has 1 aromatic rings. The highest BCUT2D eigenvalue weighted by Crippen LogP contribution is 2.29. The minimum absolute atomic E-state index is 0.133. The second-order valence-corrected chi connectivity index (χ2v) is 7.48. The van der Waals surface area contributed by atoms with Crippen LogP contribution in [0, 0.1) is 5.92 Å². The van der Waals surface area contributed by atoms with Crippen molar-refractivity contribution in [2.75, 3.05) is 19.6 Å². The smallest absolute Gasteiger partial charge is 0.227 e. The summed E-state index contributed by atoms with van der Waals surface area (Å²) in [5, 5.41) is 8.15. The molecule has 25 heavy (non-hydrogen) atoms. The predicted octanol–water partition coefficient (Wildman–Crippen LogP) is 1.56. The summed E-state index contributed by atoms with van der Waals surface area (Å²) in [5.74, 6) is 1.48. The Kier molecular flexibility index (Phi) is 5.39. The molecule has 0 bridgehead atoms. The first-order valence-electron chi connectivity index (χ1n) is 9.43. The molecular weight excluding hydrogens is 318 g/mol. The lowest BCUT2D eigenvalue weighted by atomic mass is 9.94. The summed E-state index contributed by atoms with van der Waals surface area (Å²) >= 11 is 0. The minimum atomic E-state index is -0.168. The van der Waals surface area contributed by atoms with E-state index in [-0.39, 0.29) is 23.8 Å². The van der Waals surface area contributed by atoms with Gasteiger partial charge in [0.15, 0.2) is 0 Å². The van der Waals surface area contributed by atoms with Gasteiger partial charge in [-0.05, 0) is 26.2 Å². The van der Waals surface area contributed by atoms with E-state index in [0.717, 1.165) is 44.6 Å². The van der Waals surface area contributed by atoms with Crippen molar-refractivity contribution < 1.29 is 9.59 Å². The van der Waals surface area contributed by atoms with E-state index < -0.39 is 0 Å². The summed E-state index contributed by atoms with van der Waals surface area (Å²) in [6.07, 6.45) is 5.97. The highest BCUT2D eigenvalue weighted by atomic mass is 16.2. The maximum Gasteiger partial charge on any atom is 0.227 e. The van der Waals surface area contributed by atoms with Crippen LogP contribution in [0.4, 0.5) is 0 Å². The third-order valence-electron chi connectivity index (χ3n) is 5.66. The Morgan fingerprint density at radius 1 is 1.36 bits per heavy atom. The van der Waals surface area contributed by atoms with Crippen LogP contribution in [0.1, 0.15) is 57.7 Å².